The third-order valence-corrected chi connectivity index (χ3v) is 4.58. The van der Waals surface area contributed by atoms with Crippen LogP contribution >= 0.6 is 0 Å². The van der Waals surface area contributed by atoms with Gasteiger partial charge in [0.05, 0.1) is 4.90 Å². The first-order chi connectivity index (χ1) is 10.6. The molecule has 0 aliphatic carbocycles. The summed E-state index contributed by atoms with van der Waals surface area (Å²) >= 11 is 0. The fourth-order valence-electron chi connectivity index (χ4n) is 2.07. The van der Waals surface area contributed by atoms with Crippen molar-refractivity contribution in [3.8, 4) is 5.69 Å². The van der Waals surface area contributed by atoms with Crippen LogP contribution in [0.15, 0.2) is 71.9 Å². The van der Waals surface area contributed by atoms with Gasteiger partial charge in [0, 0.05) is 18.1 Å². The average molecular weight is 313 g/mol. The van der Waals surface area contributed by atoms with Crippen LogP contribution in [-0.2, 0) is 10.0 Å². The number of nitrogens with zero attached hydrogens (tertiary/aromatic N) is 2. The summed E-state index contributed by atoms with van der Waals surface area (Å²) in [7, 11) is -3.66. The van der Waals surface area contributed by atoms with E-state index >= 15 is 0 Å². The van der Waals surface area contributed by atoms with Gasteiger partial charge in [0.1, 0.15) is 0 Å². The number of hydrogen-bond acceptors (Lipinski definition) is 3. The molecule has 1 N–H and O–H groups in total. The highest BCUT2D eigenvalue weighted by Crippen LogP contribution is 2.18. The van der Waals surface area contributed by atoms with Crippen molar-refractivity contribution in [1.82, 2.24) is 9.55 Å². The third kappa shape index (κ3) is 2.87. The number of rotatable bonds is 4. The number of aromatic nitrogens is 2. The molecule has 0 radical (unpaired) electrons. The molecule has 2 aromatic carbocycles. The van der Waals surface area contributed by atoms with Gasteiger partial charge in [0.2, 0.25) is 5.95 Å². The predicted octanol–water partition coefficient (Wildman–Crippen LogP) is 2.98. The highest BCUT2D eigenvalue weighted by molar-refractivity contribution is 7.92. The van der Waals surface area contributed by atoms with Crippen molar-refractivity contribution in [2.75, 3.05) is 4.72 Å². The van der Waals surface area contributed by atoms with Crippen LogP contribution in [-0.4, -0.2) is 18.0 Å². The van der Waals surface area contributed by atoms with Crippen molar-refractivity contribution >= 4 is 16.0 Å². The zero-order chi connectivity index (χ0) is 15.6. The molecule has 6 heteroatoms. The molecule has 0 fully saturated rings. The molecule has 0 aliphatic rings. The van der Waals surface area contributed by atoms with E-state index in [0.717, 1.165) is 11.3 Å². The number of aryl methyl sites for hydroxylation is 1. The van der Waals surface area contributed by atoms with E-state index in [9.17, 15) is 8.42 Å². The van der Waals surface area contributed by atoms with E-state index in [1.54, 1.807) is 41.2 Å². The number of sulfonamides is 1. The monoisotopic (exact) mass is 313 g/mol. The van der Waals surface area contributed by atoms with Crippen molar-refractivity contribution in [2.45, 2.75) is 11.8 Å². The summed E-state index contributed by atoms with van der Waals surface area (Å²) in [5, 5.41) is 0. The Morgan fingerprint density at radius 1 is 1.00 bits per heavy atom. The Kier molecular flexibility index (Phi) is 3.68. The Morgan fingerprint density at radius 2 is 1.68 bits per heavy atom. The Labute approximate surface area is 129 Å². The molecule has 3 rings (SSSR count). The lowest BCUT2D eigenvalue weighted by Gasteiger charge is -2.10. The maximum Gasteiger partial charge on any atom is 0.264 e. The lowest BCUT2D eigenvalue weighted by Crippen LogP contribution is -2.16. The van der Waals surface area contributed by atoms with Crippen molar-refractivity contribution in [2.24, 2.45) is 0 Å². The molecule has 112 valence electrons. The molecule has 22 heavy (non-hydrogen) atoms. The standard InChI is InChI=1S/C16H15N3O2S/c1-13-7-9-15(10-8-13)22(20,21)18-16-17-11-12-19(16)14-5-3-2-4-6-14/h2-12H,1H3,(H,17,18). The zero-order valence-corrected chi connectivity index (χ0v) is 12.8. The molecule has 0 spiro atoms. The second kappa shape index (κ2) is 5.65. The first-order valence-electron chi connectivity index (χ1n) is 6.74. The van der Waals surface area contributed by atoms with Crippen molar-refractivity contribution in [3.63, 3.8) is 0 Å². The topological polar surface area (TPSA) is 64.0 Å². The first kappa shape index (κ1) is 14.3. The fourth-order valence-corrected chi connectivity index (χ4v) is 3.08. The molecule has 1 heterocycles. The van der Waals surface area contributed by atoms with Crippen LogP contribution in [0.3, 0.4) is 0 Å². The van der Waals surface area contributed by atoms with Gasteiger partial charge >= 0.3 is 0 Å². The Balaban J connectivity index is 1.94. The van der Waals surface area contributed by atoms with Crippen LogP contribution in [0.1, 0.15) is 5.56 Å². The van der Waals surface area contributed by atoms with Gasteiger partial charge in [-0.05, 0) is 31.2 Å². The number of para-hydroxylation sites is 1. The Morgan fingerprint density at radius 3 is 2.36 bits per heavy atom. The summed E-state index contributed by atoms with van der Waals surface area (Å²) in [6.07, 6.45) is 3.27. The normalized spacial score (nSPS) is 11.3. The van der Waals surface area contributed by atoms with Gasteiger partial charge in [0.15, 0.2) is 0 Å². The van der Waals surface area contributed by atoms with Gasteiger partial charge in [-0.1, -0.05) is 35.9 Å². The lowest BCUT2D eigenvalue weighted by molar-refractivity contribution is 0.600. The Bertz CT molecular complexity index is 869. The van der Waals surface area contributed by atoms with E-state index in [0.29, 0.717) is 0 Å². The van der Waals surface area contributed by atoms with Gasteiger partial charge < -0.3 is 0 Å². The zero-order valence-electron chi connectivity index (χ0n) is 12.0. The molecule has 0 amide bonds. The van der Waals surface area contributed by atoms with E-state index in [1.807, 2.05) is 37.3 Å². The summed E-state index contributed by atoms with van der Waals surface area (Å²) in [5.41, 5.74) is 1.84. The Hall–Kier alpha value is -2.60. The summed E-state index contributed by atoms with van der Waals surface area (Å²) in [4.78, 5) is 4.30. The van der Waals surface area contributed by atoms with Gasteiger partial charge in [-0.25, -0.2) is 18.1 Å². The lowest BCUT2D eigenvalue weighted by atomic mass is 10.2. The van der Waals surface area contributed by atoms with Gasteiger partial charge in [-0.2, -0.15) is 0 Å². The second-order valence-corrected chi connectivity index (χ2v) is 6.56. The number of nitrogens with one attached hydrogen (secondary N) is 1. The van der Waals surface area contributed by atoms with Crippen LogP contribution in [0, 0.1) is 6.92 Å². The van der Waals surface area contributed by atoms with Gasteiger partial charge in [-0.15, -0.1) is 0 Å². The molecule has 3 aromatic rings. The molecule has 1 aromatic heterocycles. The molecule has 5 nitrogen and oxygen atoms in total. The number of imidazole rings is 1. The summed E-state index contributed by atoms with van der Waals surface area (Å²) in [5.74, 6) is 0.256. The van der Waals surface area contributed by atoms with Crippen molar-refractivity contribution < 1.29 is 8.42 Å². The van der Waals surface area contributed by atoms with Crippen LogP contribution in [0.25, 0.3) is 5.69 Å². The SMILES string of the molecule is Cc1ccc(S(=O)(=O)Nc2nccn2-c2ccccc2)cc1. The summed E-state index contributed by atoms with van der Waals surface area (Å²) in [6, 6.07) is 16.1. The smallest absolute Gasteiger partial charge is 0.264 e. The third-order valence-electron chi connectivity index (χ3n) is 3.23. The minimum absolute atomic E-state index is 0.209. The number of anilines is 1. The van der Waals surface area contributed by atoms with E-state index in [2.05, 4.69) is 9.71 Å². The summed E-state index contributed by atoms with van der Waals surface area (Å²) in [6.45, 7) is 1.91. The molecular weight excluding hydrogens is 298 g/mol. The van der Waals surface area contributed by atoms with Crippen LogP contribution in [0.4, 0.5) is 5.95 Å². The van der Waals surface area contributed by atoms with Crippen LogP contribution < -0.4 is 4.72 Å². The number of benzene rings is 2. The van der Waals surface area contributed by atoms with E-state index < -0.39 is 10.0 Å². The molecule has 0 saturated heterocycles. The van der Waals surface area contributed by atoms with Crippen LogP contribution in [0.2, 0.25) is 0 Å². The quantitative estimate of drug-likeness (QED) is 0.805. The van der Waals surface area contributed by atoms with Gasteiger partial charge in [0.25, 0.3) is 10.0 Å². The molecule has 0 aliphatic heterocycles. The fraction of sp³-hybridized carbons (Fsp3) is 0.0625. The largest absolute Gasteiger partial charge is 0.286 e. The minimum Gasteiger partial charge on any atom is -0.286 e. The van der Waals surface area contributed by atoms with E-state index in [4.69, 9.17) is 0 Å². The number of hydrogen-bond donors (Lipinski definition) is 1. The molecular formula is C16H15N3O2S. The minimum atomic E-state index is -3.66. The molecule has 0 saturated carbocycles. The molecule has 0 unspecified atom stereocenters. The maximum absolute atomic E-state index is 12.4. The predicted molar refractivity (Wildman–Crippen MR) is 85.6 cm³/mol. The summed E-state index contributed by atoms with van der Waals surface area (Å²) < 4.78 is 29.1. The highest BCUT2D eigenvalue weighted by Gasteiger charge is 2.17. The van der Waals surface area contributed by atoms with E-state index in [-0.39, 0.29) is 10.8 Å². The highest BCUT2D eigenvalue weighted by atomic mass is 32.2. The van der Waals surface area contributed by atoms with E-state index in [1.165, 1.54) is 0 Å². The van der Waals surface area contributed by atoms with Crippen molar-refractivity contribution in [1.29, 1.82) is 0 Å². The maximum atomic E-state index is 12.4. The second-order valence-electron chi connectivity index (χ2n) is 4.87. The van der Waals surface area contributed by atoms with Crippen LogP contribution in [0.5, 0.6) is 0 Å². The van der Waals surface area contributed by atoms with Gasteiger partial charge in [-0.3, -0.25) is 4.57 Å². The first-order valence-corrected chi connectivity index (χ1v) is 8.23. The molecule has 0 bridgehead atoms. The molecule has 0 atom stereocenters. The van der Waals surface area contributed by atoms with Crippen molar-refractivity contribution in [3.05, 3.63) is 72.6 Å². The average Bonchev–Trinajstić information content (AvgIpc) is 2.96.